The van der Waals surface area contributed by atoms with E-state index in [9.17, 15) is 4.79 Å². The Labute approximate surface area is 147 Å². The molecule has 2 rings (SSSR count). The van der Waals surface area contributed by atoms with Gasteiger partial charge in [0.25, 0.3) is 0 Å². The molecule has 1 saturated heterocycles. The van der Waals surface area contributed by atoms with Crippen LogP contribution >= 0.6 is 0 Å². The quantitative estimate of drug-likeness (QED) is 0.427. The molecule has 1 heterocycles. The van der Waals surface area contributed by atoms with Crippen molar-refractivity contribution in [2.45, 2.75) is 71.8 Å². The van der Waals surface area contributed by atoms with Crippen LogP contribution in [0, 0.1) is 11.8 Å². The molecule has 0 bridgehead atoms. The highest BCUT2D eigenvalue weighted by atomic mass is 16.2. The molecule has 2 fully saturated rings. The minimum Gasteiger partial charge on any atom is -0.357 e. The van der Waals surface area contributed by atoms with Crippen molar-refractivity contribution in [1.82, 2.24) is 15.5 Å². The topological polar surface area (TPSA) is 56.7 Å². The van der Waals surface area contributed by atoms with Gasteiger partial charge in [-0.3, -0.25) is 9.79 Å². The summed E-state index contributed by atoms with van der Waals surface area (Å²) in [6, 6.07) is 0.554. The van der Waals surface area contributed by atoms with Gasteiger partial charge in [0.2, 0.25) is 5.91 Å². The average molecular weight is 337 g/mol. The zero-order valence-electron chi connectivity index (χ0n) is 15.8. The summed E-state index contributed by atoms with van der Waals surface area (Å²) >= 11 is 0. The van der Waals surface area contributed by atoms with Gasteiger partial charge in [-0.25, -0.2) is 0 Å². The van der Waals surface area contributed by atoms with Crippen molar-refractivity contribution in [2.24, 2.45) is 16.8 Å². The highest BCUT2D eigenvalue weighted by Crippen LogP contribution is 2.29. The Balaban J connectivity index is 1.71. The van der Waals surface area contributed by atoms with Crippen LogP contribution in [-0.2, 0) is 4.79 Å². The fourth-order valence-electron chi connectivity index (χ4n) is 3.84. The third-order valence-electron chi connectivity index (χ3n) is 5.43. The first-order valence-corrected chi connectivity index (χ1v) is 9.92. The van der Waals surface area contributed by atoms with Crippen molar-refractivity contribution in [3.8, 4) is 0 Å². The van der Waals surface area contributed by atoms with Crippen LogP contribution in [0.5, 0.6) is 0 Å². The lowest BCUT2D eigenvalue weighted by Crippen LogP contribution is -2.45. The van der Waals surface area contributed by atoms with Gasteiger partial charge in [-0.2, -0.15) is 0 Å². The number of likely N-dealkylation sites (tertiary alicyclic amines) is 1. The molecular formula is C19H36N4O. The van der Waals surface area contributed by atoms with E-state index in [1.54, 1.807) is 0 Å². The molecule has 1 saturated carbocycles. The molecule has 138 valence electrons. The van der Waals surface area contributed by atoms with Gasteiger partial charge < -0.3 is 15.5 Å². The molecular weight excluding hydrogens is 300 g/mol. The summed E-state index contributed by atoms with van der Waals surface area (Å²) in [5, 5.41) is 6.97. The number of rotatable bonds is 7. The summed E-state index contributed by atoms with van der Waals surface area (Å²) in [7, 11) is 0. The Morgan fingerprint density at radius 2 is 2.04 bits per heavy atom. The number of guanidine groups is 1. The van der Waals surface area contributed by atoms with E-state index in [2.05, 4.69) is 31.4 Å². The summed E-state index contributed by atoms with van der Waals surface area (Å²) in [6.07, 6.45) is 7.84. The lowest BCUT2D eigenvalue weighted by Gasteiger charge is -2.32. The molecule has 2 aliphatic rings. The summed E-state index contributed by atoms with van der Waals surface area (Å²) in [6.45, 7) is 10.2. The Bertz CT molecular complexity index is 414. The van der Waals surface area contributed by atoms with Crippen LogP contribution in [0.2, 0.25) is 0 Å². The van der Waals surface area contributed by atoms with Crippen LogP contribution < -0.4 is 10.6 Å². The van der Waals surface area contributed by atoms with Crippen LogP contribution in [-0.4, -0.2) is 49.0 Å². The number of amides is 1. The summed E-state index contributed by atoms with van der Waals surface area (Å²) in [4.78, 5) is 18.3. The predicted molar refractivity (Wildman–Crippen MR) is 100 cm³/mol. The van der Waals surface area contributed by atoms with Crippen molar-refractivity contribution in [2.75, 3.05) is 26.2 Å². The van der Waals surface area contributed by atoms with Gasteiger partial charge in [0.05, 0.1) is 0 Å². The molecule has 2 N–H and O–H groups in total. The Morgan fingerprint density at radius 3 is 2.62 bits per heavy atom. The van der Waals surface area contributed by atoms with Gasteiger partial charge in [-0.05, 0) is 57.3 Å². The third kappa shape index (κ3) is 5.99. The number of carbonyl (C=O) groups excluding carboxylic acids is 1. The summed E-state index contributed by atoms with van der Waals surface area (Å²) in [5.74, 6) is 2.95. The smallest absolute Gasteiger partial charge is 0.222 e. The van der Waals surface area contributed by atoms with Crippen LogP contribution in [0.1, 0.15) is 65.7 Å². The summed E-state index contributed by atoms with van der Waals surface area (Å²) in [5.41, 5.74) is 0. The molecule has 0 unspecified atom stereocenters. The predicted octanol–water partition coefficient (Wildman–Crippen LogP) is 2.77. The largest absolute Gasteiger partial charge is 0.357 e. The molecule has 0 radical (unpaired) electrons. The van der Waals surface area contributed by atoms with Crippen LogP contribution in [0.4, 0.5) is 0 Å². The zero-order chi connectivity index (χ0) is 17.4. The maximum absolute atomic E-state index is 11.6. The SMILES string of the molecule is CCNC(=NCCCN1CCCC1=O)NC1CCC(C(C)C)CC1. The Hall–Kier alpha value is -1.26. The van der Waals surface area contributed by atoms with E-state index in [-0.39, 0.29) is 0 Å². The number of nitrogens with zero attached hydrogens (tertiary/aromatic N) is 2. The van der Waals surface area contributed by atoms with Crippen LogP contribution in [0.25, 0.3) is 0 Å². The highest BCUT2D eigenvalue weighted by molar-refractivity contribution is 5.80. The fourth-order valence-corrected chi connectivity index (χ4v) is 3.84. The maximum atomic E-state index is 11.6. The first kappa shape index (κ1) is 19.1. The van der Waals surface area contributed by atoms with Crippen LogP contribution in [0.15, 0.2) is 4.99 Å². The van der Waals surface area contributed by atoms with Crippen molar-refractivity contribution in [1.29, 1.82) is 0 Å². The van der Waals surface area contributed by atoms with E-state index in [1.807, 2.05) is 4.90 Å². The molecule has 5 nitrogen and oxygen atoms in total. The zero-order valence-corrected chi connectivity index (χ0v) is 15.8. The molecule has 1 aliphatic carbocycles. The first-order valence-electron chi connectivity index (χ1n) is 9.92. The maximum Gasteiger partial charge on any atom is 0.222 e. The van der Waals surface area contributed by atoms with E-state index < -0.39 is 0 Å². The number of aliphatic imine (C=N–C) groups is 1. The van der Waals surface area contributed by atoms with Crippen molar-refractivity contribution < 1.29 is 4.79 Å². The molecule has 24 heavy (non-hydrogen) atoms. The normalized spacial score (nSPS) is 25.4. The second-order valence-corrected chi connectivity index (χ2v) is 7.60. The molecule has 0 aromatic carbocycles. The monoisotopic (exact) mass is 336 g/mol. The lowest BCUT2D eigenvalue weighted by molar-refractivity contribution is -0.127. The van der Waals surface area contributed by atoms with E-state index in [1.165, 1.54) is 25.7 Å². The first-order chi connectivity index (χ1) is 11.6. The standard InChI is InChI=1S/C19H36N4O/c1-4-20-19(21-12-6-14-23-13-5-7-18(23)24)22-17-10-8-16(9-11-17)15(2)3/h15-17H,4-14H2,1-3H3,(H2,20,21,22). The molecule has 5 heteroatoms. The highest BCUT2D eigenvalue weighted by Gasteiger charge is 2.23. The van der Waals surface area contributed by atoms with Gasteiger partial charge in [-0.15, -0.1) is 0 Å². The van der Waals surface area contributed by atoms with E-state index in [4.69, 9.17) is 4.99 Å². The Kier molecular flexibility index (Phi) is 7.86. The molecule has 1 aliphatic heterocycles. The summed E-state index contributed by atoms with van der Waals surface area (Å²) < 4.78 is 0. The molecule has 0 aromatic heterocycles. The lowest BCUT2D eigenvalue weighted by atomic mass is 9.80. The van der Waals surface area contributed by atoms with Gasteiger partial charge in [0.1, 0.15) is 0 Å². The van der Waals surface area contributed by atoms with E-state index >= 15 is 0 Å². The second kappa shape index (κ2) is 9.90. The Morgan fingerprint density at radius 1 is 1.29 bits per heavy atom. The number of hydrogen-bond acceptors (Lipinski definition) is 2. The molecule has 0 atom stereocenters. The minimum atomic E-state index is 0.311. The number of nitrogens with one attached hydrogen (secondary N) is 2. The molecule has 0 aromatic rings. The van der Waals surface area contributed by atoms with E-state index in [0.29, 0.717) is 11.9 Å². The fraction of sp³-hybridized carbons (Fsp3) is 0.895. The van der Waals surface area contributed by atoms with Gasteiger partial charge >= 0.3 is 0 Å². The van der Waals surface area contributed by atoms with Gasteiger partial charge in [-0.1, -0.05) is 13.8 Å². The van der Waals surface area contributed by atoms with Crippen molar-refractivity contribution in [3.63, 3.8) is 0 Å². The molecule has 1 amide bonds. The minimum absolute atomic E-state index is 0.311. The van der Waals surface area contributed by atoms with Crippen molar-refractivity contribution in [3.05, 3.63) is 0 Å². The third-order valence-corrected chi connectivity index (χ3v) is 5.43. The van der Waals surface area contributed by atoms with Crippen LogP contribution in [0.3, 0.4) is 0 Å². The average Bonchev–Trinajstić information content (AvgIpc) is 2.97. The molecule has 0 spiro atoms. The number of hydrogen-bond donors (Lipinski definition) is 2. The van der Waals surface area contributed by atoms with E-state index in [0.717, 1.165) is 63.2 Å². The van der Waals surface area contributed by atoms with Crippen molar-refractivity contribution >= 4 is 11.9 Å². The van der Waals surface area contributed by atoms with Gasteiger partial charge in [0, 0.05) is 38.6 Å². The second-order valence-electron chi connectivity index (χ2n) is 7.60. The number of carbonyl (C=O) groups is 1. The van der Waals surface area contributed by atoms with Gasteiger partial charge in [0.15, 0.2) is 5.96 Å².